The number of likely N-dealkylation sites (N-methyl/N-ethyl adjacent to an activating group) is 1. The van der Waals surface area contributed by atoms with Crippen LogP contribution in [0, 0.1) is 5.41 Å². The second-order valence-corrected chi connectivity index (χ2v) is 13.9. The number of piperidine rings is 1. The van der Waals surface area contributed by atoms with Crippen LogP contribution in [0.1, 0.15) is 36.9 Å². The summed E-state index contributed by atoms with van der Waals surface area (Å²) in [7, 11) is -2.41. The first-order valence-corrected chi connectivity index (χ1v) is 16.6. The van der Waals surface area contributed by atoms with Crippen LogP contribution in [0.3, 0.4) is 0 Å². The van der Waals surface area contributed by atoms with E-state index in [1.165, 1.54) is 0 Å². The second-order valence-electron chi connectivity index (χ2n) is 12.2. The van der Waals surface area contributed by atoms with Crippen LogP contribution in [0.5, 0.6) is 6.01 Å². The van der Waals surface area contributed by atoms with Gasteiger partial charge in [0, 0.05) is 42.3 Å². The Labute approximate surface area is 256 Å². The summed E-state index contributed by atoms with van der Waals surface area (Å²) < 4.78 is 39.2. The van der Waals surface area contributed by atoms with Gasteiger partial charge >= 0.3 is 16.3 Å². The monoisotopic (exact) mass is 626 g/mol. The molecule has 11 nitrogen and oxygen atoms in total. The molecule has 1 spiro atoms. The molecule has 1 atom stereocenters. The Morgan fingerprint density at radius 2 is 1.84 bits per heavy atom. The lowest BCUT2D eigenvalue weighted by molar-refractivity contribution is -0.153. The molecule has 0 bridgehead atoms. The topological polar surface area (TPSA) is 119 Å². The fourth-order valence-corrected chi connectivity index (χ4v) is 8.21. The third-order valence-corrected chi connectivity index (χ3v) is 10.9. The molecular weight excluding hydrogens is 592 g/mol. The van der Waals surface area contributed by atoms with Crippen molar-refractivity contribution in [1.82, 2.24) is 19.2 Å². The SMILES string of the molecule is CN1CCCC1COc1nc2c(c(N3CCC4(CC3)CN(S(=O)(=O)O)C4=O)n1)CCN(c1cccc3cccc(Cl)c13)C2. The number of carbonyl (C=O) groups is 1. The van der Waals surface area contributed by atoms with E-state index in [1.807, 2.05) is 12.1 Å². The van der Waals surface area contributed by atoms with Gasteiger partial charge in [-0.1, -0.05) is 35.9 Å². The molecule has 13 heteroatoms. The molecule has 1 N–H and O–H groups in total. The maximum Gasteiger partial charge on any atom is 0.362 e. The van der Waals surface area contributed by atoms with Crippen molar-refractivity contribution >= 4 is 50.1 Å². The molecule has 0 radical (unpaired) electrons. The lowest BCUT2D eigenvalue weighted by atomic mass is 9.72. The molecule has 0 saturated carbocycles. The average molecular weight is 627 g/mol. The van der Waals surface area contributed by atoms with E-state index in [2.05, 4.69) is 46.0 Å². The zero-order valence-electron chi connectivity index (χ0n) is 24.1. The normalized spacial score (nSPS) is 22.3. The molecule has 1 unspecified atom stereocenters. The van der Waals surface area contributed by atoms with Crippen molar-refractivity contribution in [2.75, 3.05) is 56.2 Å². The van der Waals surface area contributed by atoms with E-state index in [4.69, 9.17) is 26.3 Å². The van der Waals surface area contributed by atoms with Crippen molar-refractivity contribution < 1.29 is 22.5 Å². The van der Waals surface area contributed by atoms with E-state index in [0.717, 1.165) is 65.9 Å². The van der Waals surface area contributed by atoms with Crippen LogP contribution >= 0.6 is 11.6 Å². The molecule has 3 aromatic rings. The number of fused-ring (bicyclic) bond motifs is 2. The predicted octanol–water partition coefficient (Wildman–Crippen LogP) is 3.55. The Kier molecular flexibility index (Phi) is 7.15. The van der Waals surface area contributed by atoms with E-state index < -0.39 is 21.6 Å². The first-order valence-electron chi connectivity index (χ1n) is 14.8. The molecule has 0 aliphatic carbocycles. The lowest BCUT2D eigenvalue weighted by Crippen LogP contribution is -2.66. The van der Waals surface area contributed by atoms with Crippen LogP contribution in [-0.4, -0.2) is 90.5 Å². The maximum atomic E-state index is 12.7. The van der Waals surface area contributed by atoms with Gasteiger partial charge in [-0.05, 0) is 63.2 Å². The number of anilines is 2. The molecule has 4 aliphatic heterocycles. The van der Waals surface area contributed by atoms with E-state index in [-0.39, 0.29) is 6.54 Å². The van der Waals surface area contributed by atoms with Gasteiger partial charge in [-0.15, -0.1) is 0 Å². The van der Waals surface area contributed by atoms with E-state index in [1.54, 1.807) is 0 Å². The van der Waals surface area contributed by atoms with Gasteiger partial charge in [0.25, 0.3) is 0 Å². The molecule has 228 valence electrons. The highest BCUT2D eigenvalue weighted by Crippen LogP contribution is 2.44. The Morgan fingerprint density at radius 3 is 2.53 bits per heavy atom. The van der Waals surface area contributed by atoms with Crippen molar-refractivity contribution in [3.63, 3.8) is 0 Å². The number of rotatable bonds is 6. The third kappa shape index (κ3) is 5.07. The second kappa shape index (κ2) is 10.8. The minimum Gasteiger partial charge on any atom is -0.462 e. The largest absolute Gasteiger partial charge is 0.462 e. The van der Waals surface area contributed by atoms with Crippen LogP contribution < -0.4 is 14.5 Å². The van der Waals surface area contributed by atoms with Gasteiger partial charge in [0.2, 0.25) is 5.91 Å². The minimum atomic E-state index is -4.52. The summed E-state index contributed by atoms with van der Waals surface area (Å²) in [5, 5.41) is 2.83. The summed E-state index contributed by atoms with van der Waals surface area (Å²) in [6.45, 7) is 4.02. The van der Waals surface area contributed by atoms with Crippen molar-refractivity contribution in [2.45, 2.75) is 44.7 Å². The van der Waals surface area contributed by atoms with Crippen LogP contribution in [0.2, 0.25) is 5.02 Å². The van der Waals surface area contributed by atoms with Crippen molar-refractivity contribution in [2.24, 2.45) is 5.41 Å². The first-order chi connectivity index (χ1) is 20.6. The van der Waals surface area contributed by atoms with Crippen molar-refractivity contribution in [3.05, 3.63) is 52.7 Å². The number of nitrogens with zero attached hydrogens (tertiary/aromatic N) is 6. The number of β-lactam (4-membered cyclic amide) rings is 1. The van der Waals surface area contributed by atoms with E-state index in [0.29, 0.717) is 60.5 Å². The van der Waals surface area contributed by atoms with Gasteiger partial charge in [0.05, 0.1) is 29.2 Å². The fourth-order valence-electron chi connectivity index (χ4n) is 7.11. The van der Waals surface area contributed by atoms with Crippen LogP contribution in [-0.2, 0) is 28.1 Å². The molecule has 7 rings (SSSR count). The molecule has 3 fully saturated rings. The number of halogens is 1. The zero-order valence-corrected chi connectivity index (χ0v) is 25.6. The Morgan fingerprint density at radius 1 is 1.07 bits per heavy atom. The number of benzene rings is 2. The molecule has 5 heterocycles. The summed E-state index contributed by atoms with van der Waals surface area (Å²) in [4.78, 5) is 29.4. The van der Waals surface area contributed by atoms with E-state index >= 15 is 0 Å². The van der Waals surface area contributed by atoms with Gasteiger partial charge in [-0.2, -0.15) is 18.4 Å². The number of ether oxygens (including phenoxy) is 1. The van der Waals surface area contributed by atoms with Gasteiger partial charge < -0.3 is 19.4 Å². The van der Waals surface area contributed by atoms with Crippen molar-refractivity contribution in [3.8, 4) is 6.01 Å². The Balaban J connectivity index is 1.17. The standard InChI is InChI=1S/C30H35ClN6O5S/c1-34-13-4-7-21(34)18-42-29-32-24-17-36(25-9-3-6-20-5-2-8-23(31)26(20)25)14-10-22(24)27(33-29)35-15-11-30(12-16-35)19-37(28(30)38)43(39,40)41/h2-3,5-6,8-9,21H,4,7,10-19H2,1H3,(H,39,40,41). The number of hydrogen-bond acceptors (Lipinski definition) is 9. The van der Waals surface area contributed by atoms with Gasteiger partial charge in [-0.25, -0.2) is 4.31 Å². The van der Waals surface area contributed by atoms with Gasteiger partial charge in [0.1, 0.15) is 12.4 Å². The highest BCUT2D eigenvalue weighted by molar-refractivity contribution is 7.84. The number of carbonyl (C=O) groups excluding carboxylic acids is 1. The van der Waals surface area contributed by atoms with Gasteiger partial charge in [-0.3, -0.25) is 9.35 Å². The smallest absolute Gasteiger partial charge is 0.362 e. The quantitative estimate of drug-likeness (QED) is 0.321. The lowest BCUT2D eigenvalue weighted by Gasteiger charge is -2.50. The molecule has 2 aromatic carbocycles. The maximum absolute atomic E-state index is 12.7. The molecule has 1 amide bonds. The summed E-state index contributed by atoms with van der Waals surface area (Å²) >= 11 is 6.68. The molecule has 4 aliphatic rings. The Bertz CT molecular complexity index is 1690. The fraction of sp³-hybridized carbons (Fsp3) is 0.500. The summed E-state index contributed by atoms with van der Waals surface area (Å²) in [6.07, 6.45) is 3.92. The highest BCUT2D eigenvalue weighted by Gasteiger charge is 2.57. The van der Waals surface area contributed by atoms with Gasteiger partial charge in [0.15, 0.2) is 0 Å². The van der Waals surface area contributed by atoms with E-state index in [9.17, 15) is 17.8 Å². The average Bonchev–Trinajstić information content (AvgIpc) is 3.41. The van der Waals surface area contributed by atoms with Crippen molar-refractivity contribution in [1.29, 1.82) is 0 Å². The summed E-state index contributed by atoms with van der Waals surface area (Å²) in [5.74, 6) is 0.303. The number of aromatic nitrogens is 2. The molecule has 1 aromatic heterocycles. The molecular formula is C30H35ClN6O5S. The number of amides is 1. The summed E-state index contributed by atoms with van der Waals surface area (Å²) in [6, 6.07) is 12.8. The number of hydrogen-bond donors (Lipinski definition) is 1. The van der Waals surface area contributed by atoms with Crippen LogP contribution in [0.25, 0.3) is 10.8 Å². The van der Waals surface area contributed by atoms with Crippen LogP contribution in [0.4, 0.5) is 11.5 Å². The molecule has 3 saturated heterocycles. The first kappa shape index (κ1) is 28.6. The predicted molar refractivity (Wildman–Crippen MR) is 164 cm³/mol. The zero-order chi connectivity index (χ0) is 29.9. The number of likely N-dealkylation sites (tertiary alicyclic amines) is 1. The Hall–Kier alpha value is -3.19. The highest BCUT2D eigenvalue weighted by atomic mass is 35.5. The minimum absolute atomic E-state index is 0.0200. The van der Waals surface area contributed by atoms with Crippen LogP contribution in [0.15, 0.2) is 36.4 Å². The third-order valence-electron chi connectivity index (χ3n) is 9.70. The molecule has 43 heavy (non-hydrogen) atoms. The summed E-state index contributed by atoms with van der Waals surface area (Å²) in [5.41, 5.74) is 2.29.